The molecular weight excluding hydrogens is 364 g/mol. The number of esters is 2. The van der Waals surface area contributed by atoms with Crippen LogP contribution in [0.4, 0.5) is 0 Å². The molecule has 0 heterocycles. The predicted octanol–water partition coefficient (Wildman–Crippen LogP) is 6.06. The van der Waals surface area contributed by atoms with Gasteiger partial charge in [-0.1, -0.05) is 63.6 Å². The van der Waals surface area contributed by atoms with Gasteiger partial charge in [0.1, 0.15) is 5.60 Å². The Kier molecular flexibility index (Phi) is 7.60. The zero-order valence-electron chi connectivity index (χ0n) is 18.1. The van der Waals surface area contributed by atoms with Gasteiger partial charge in [0.2, 0.25) is 0 Å². The Labute approximate surface area is 174 Å². The van der Waals surface area contributed by atoms with Gasteiger partial charge in [-0.25, -0.2) is 9.59 Å². The smallest absolute Gasteiger partial charge is 0.338 e. The molecule has 2 rings (SSSR count). The Hall–Kier alpha value is -2.62. The summed E-state index contributed by atoms with van der Waals surface area (Å²) in [6.45, 7) is 9.83. The van der Waals surface area contributed by atoms with Crippen molar-refractivity contribution < 1.29 is 19.1 Å². The van der Waals surface area contributed by atoms with E-state index < -0.39 is 23.1 Å². The lowest BCUT2D eigenvalue weighted by molar-refractivity contribution is -0.171. The zero-order chi connectivity index (χ0) is 21.5. The summed E-state index contributed by atoms with van der Waals surface area (Å²) in [5, 5.41) is 0. The lowest BCUT2D eigenvalue weighted by Gasteiger charge is -2.48. The molecule has 0 radical (unpaired) electrons. The SMILES string of the molecule is CCCC(OC(=O)c1ccccc1)(C(C)CC)C(C)(C)OC(=O)c1ccccc1. The average molecular weight is 397 g/mol. The Bertz CT molecular complexity index is 798. The van der Waals surface area contributed by atoms with Crippen molar-refractivity contribution in [2.24, 2.45) is 5.92 Å². The number of hydrogen-bond acceptors (Lipinski definition) is 4. The molecule has 0 aromatic heterocycles. The van der Waals surface area contributed by atoms with Gasteiger partial charge in [-0.05, 0) is 56.9 Å². The van der Waals surface area contributed by atoms with Gasteiger partial charge in [-0.2, -0.15) is 0 Å². The highest BCUT2D eigenvalue weighted by Gasteiger charge is 2.54. The minimum atomic E-state index is -1.02. The van der Waals surface area contributed by atoms with Gasteiger partial charge in [0.15, 0.2) is 5.60 Å². The molecule has 2 aromatic rings. The molecule has 2 atom stereocenters. The minimum absolute atomic E-state index is 0.00585. The van der Waals surface area contributed by atoms with E-state index in [2.05, 4.69) is 6.92 Å². The van der Waals surface area contributed by atoms with E-state index >= 15 is 0 Å². The van der Waals surface area contributed by atoms with Crippen LogP contribution in [0.5, 0.6) is 0 Å². The Morgan fingerprint density at radius 3 is 1.69 bits per heavy atom. The van der Waals surface area contributed by atoms with Gasteiger partial charge < -0.3 is 9.47 Å². The summed E-state index contributed by atoms with van der Waals surface area (Å²) in [7, 11) is 0. The third-order valence-corrected chi connectivity index (χ3v) is 5.69. The summed E-state index contributed by atoms with van der Waals surface area (Å²) in [4.78, 5) is 25.8. The molecule has 0 fully saturated rings. The molecule has 0 spiro atoms. The Morgan fingerprint density at radius 2 is 1.28 bits per heavy atom. The van der Waals surface area contributed by atoms with Crippen LogP contribution in [0.15, 0.2) is 60.7 Å². The number of carbonyl (C=O) groups is 2. The number of rotatable bonds is 9. The van der Waals surface area contributed by atoms with Gasteiger partial charge in [-0.3, -0.25) is 0 Å². The van der Waals surface area contributed by atoms with Crippen molar-refractivity contribution in [2.45, 2.75) is 65.1 Å². The van der Waals surface area contributed by atoms with Crippen LogP contribution >= 0.6 is 0 Å². The van der Waals surface area contributed by atoms with Crippen molar-refractivity contribution >= 4 is 11.9 Å². The van der Waals surface area contributed by atoms with E-state index in [1.54, 1.807) is 36.4 Å². The van der Waals surface area contributed by atoms with Crippen molar-refractivity contribution in [1.29, 1.82) is 0 Å². The van der Waals surface area contributed by atoms with Gasteiger partial charge in [0.25, 0.3) is 0 Å². The minimum Gasteiger partial charge on any atom is -0.452 e. The first-order chi connectivity index (χ1) is 13.8. The molecule has 2 aromatic carbocycles. The van der Waals surface area contributed by atoms with Crippen LogP contribution in [-0.2, 0) is 9.47 Å². The first-order valence-corrected chi connectivity index (χ1v) is 10.3. The molecule has 156 valence electrons. The largest absolute Gasteiger partial charge is 0.452 e. The molecule has 4 heteroatoms. The molecular formula is C25H32O4. The van der Waals surface area contributed by atoms with Crippen molar-refractivity contribution in [3.8, 4) is 0 Å². The first-order valence-electron chi connectivity index (χ1n) is 10.3. The standard InChI is InChI=1S/C25H32O4/c1-6-18-25(19(3)7-2,29-23(27)21-16-12-9-13-17-21)24(4,5)28-22(26)20-14-10-8-11-15-20/h8-17,19H,6-7,18H2,1-5H3. The fourth-order valence-corrected chi connectivity index (χ4v) is 3.87. The van der Waals surface area contributed by atoms with Crippen molar-refractivity contribution in [3.63, 3.8) is 0 Å². The van der Waals surface area contributed by atoms with E-state index in [9.17, 15) is 9.59 Å². The molecule has 0 amide bonds. The summed E-state index contributed by atoms with van der Waals surface area (Å²) in [6.07, 6.45) is 2.17. The quantitative estimate of drug-likeness (QED) is 0.483. The third kappa shape index (κ3) is 5.06. The molecule has 0 aliphatic carbocycles. The summed E-state index contributed by atoms with van der Waals surface area (Å²) in [5.41, 5.74) is -1.00. The average Bonchev–Trinajstić information content (AvgIpc) is 2.73. The summed E-state index contributed by atoms with van der Waals surface area (Å²) < 4.78 is 12.2. The molecule has 0 saturated carbocycles. The second-order valence-electron chi connectivity index (χ2n) is 7.97. The second kappa shape index (κ2) is 9.73. The molecule has 0 aliphatic heterocycles. The van der Waals surface area contributed by atoms with Gasteiger partial charge in [-0.15, -0.1) is 0 Å². The second-order valence-corrected chi connectivity index (χ2v) is 7.97. The Morgan fingerprint density at radius 1 is 0.828 bits per heavy atom. The van der Waals surface area contributed by atoms with E-state index in [1.165, 1.54) is 0 Å². The molecule has 4 nitrogen and oxygen atoms in total. The van der Waals surface area contributed by atoms with E-state index in [1.807, 2.05) is 52.0 Å². The van der Waals surface area contributed by atoms with Crippen LogP contribution in [0.3, 0.4) is 0 Å². The fraction of sp³-hybridized carbons (Fsp3) is 0.440. The number of benzene rings is 2. The number of carbonyl (C=O) groups excluding carboxylic acids is 2. The van der Waals surface area contributed by atoms with Crippen LogP contribution in [0, 0.1) is 5.92 Å². The third-order valence-electron chi connectivity index (χ3n) is 5.69. The van der Waals surface area contributed by atoms with Crippen molar-refractivity contribution in [2.75, 3.05) is 0 Å². The summed E-state index contributed by atoms with van der Waals surface area (Å²) in [5.74, 6) is -0.827. The van der Waals surface area contributed by atoms with Gasteiger partial charge in [0, 0.05) is 0 Å². The fourth-order valence-electron chi connectivity index (χ4n) is 3.87. The highest BCUT2D eigenvalue weighted by atomic mass is 16.6. The molecule has 0 saturated heterocycles. The molecule has 0 N–H and O–H groups in total. The van der Waals surface area contributed by atoms with Crippen LogP contribution in [0.1, 0.15) is 74.6 Å². The van der Waals surface area contributed by atoms with Crippen LogP contribution < -0.4 is 0 Å². The molecule has 29 heavy (non-hydrogen) atoms. The van der Waals surface area contributed by atoms with Crippen LogP contribution in [-0.4, -0.2) is 23.1 Å². The maximum atomic E-state index is 13.0. The van der Waals surface area contributed by atoms with E-state index in [-0.39, 0.29) is 5.92 Å². The summed E-state index contributed by atoms with van der Waals surface area (Å²) in [6, 6.07) is 17.8. The first kappa shape index (κ1) is 22.7. The van der Waals surface area contributed by atoms with E-state index in [0.717, 1.165) is 12.8 Å². The molecule has 2 unspecified atom stereocenters. The number of hydrogen-bond donors (Lipinski definition) is 0. The zero-order valence-corrected chi connectivity index (χ0v) is 18.1. The topological polar surface area (TPSA) is 52.6 Å². The van der Waals surface area contributed by atoms with Gasteiger partial charge in [0.05, 0.1) is 11.1 Å². The molecule has 0 aliphatic rings. The van der Waals surface area contributed by atoms with Crippen molar-refractivity contribution in [1.82, 2.24) is 0 Å². The maximum Gasteiger partial charge on any atom is 0.338 e. The van der Waals surface area contributed by atoms with Crippen LogP contribution in [0.2, 0.25) is 0 Å². The number of ether oxygens (including phenoxy) is 2. The highest BCUT2D eigenvalue weighted by molar-refractivity contribution is 5.90. The summed E-state index contributed by atoms with van der Waals surface area (Å²) >= 11 is 0. The monoisotopic (exact) mass is 396 g/mol. The van der Waals surface area contributed by atoms with E-state index in [0.29, 0.717) is 17.5 Å². The highest BCUT2D eigenvalue weighted by Crippen LogP contribution is 2.42. The van der Waals surface area contributed by atoms with Crippen LogP contribution in [0.25, 0.3) is 0 Å². The maximum absolute atomic E-state index is 13.0. The lowest BCUT2D eigenvalue weighted by Crippen LogP contribution is -2.59. The lowest BCUT2D eigenvalue weighted by atomic mass is 9.71. The molecule has 0 bridgehead atoms. The van der Waals surface area contributed by atoms with Crippen molar-refractivity contribution in [3.05, 3.63) is 71.8 Å². The normalized spacial score (nSPS) is 14.5. The van der Waals surface area contributed by atoms with E-state index in [4.69, 9.17) is 9.47 Å². The predicted molar refractivity (Wildman–Crippen MR) is 115 cm³/mol. The van der Waals surface area contributed by atoms with Gasteiger partial charge >= 0.3 is 11.9 Å². The Balaban J connectivity index is 2.41.